The molecule has 2 aliphatic rings. The summed E-state index contributed by atoms with van der Waals surface area (Å²) < 4.78 is 11.1. The quantitative estimate of drug-likeness (QED) is 0.652. The van der Waals surface area contributed by atoms with Crippen molar-refractivity contribution in [3.8, 4) is 0 Å². The summed E-state index contributed by atoms with van der Waals surface area (Å²) in [6.07, 6.45) is 3.24. The van der Waals surface area contributed by atoms with E-state index in [0.29, 0.717) is 17.6 Å². The zero-order valence-electron chi connectivity index (χ0n) is 15.5. The van der Waals surface area contributed by atoms with Gasteiger partial charge in [-0.3, -0.25) is 4.79 Å². The number of hydrogen-bond acceptors (Lipinski definition) is 5. The molecule has 2 aliphatic carbocycles. The molecule has 0 aromatic carbocycles. The molecule has 5 nitrogen and oxygen atoms in total. The van der Waals surface area contributed by atoms with Crippen molar-refractivity contribution in [3.05, 3.63) is 34.8 Å². The number of carbonyl (C=O) groups excluding carboxylic acids is 2. The van der Waals surface area contributed by atoms with Gasteiger partial charge in [0.05, 0.1) is 18.3 Å². The molecule has 1 heterocycles. The third kappa shape index (κ3) is 2.48. The molecular weight excluding hydrogens is 320 g/mol. The highest BCUT2D eigenvalue weighted by Crippen LogP contribution is 2.58. The topological polar surface area (TPSA) is 76.7 Å². The van der Waals surface area contributed by atoms with Crippen LogP contribution in [0.25, 0.3) is 0 Å². The first-order valence-electron chi connectivity index (χ1n) is 8.87. The molecule has 1 aromatic rings. The van der Waals surface area contributed by atoms with Crippen LogP contribution < -0.4 is 0 Å². The number of furan rings is 1. The van der Waals surface area contributed by atoms with E-state index in [1.807, 2.05) is 13.8 Å². The van der Waals surface area contributed by atoms with Gasteiger partial charge in [0.25, 0.3) is 0 Å². The Morgan fingerprint density at radius 1 is 1.44 bits per heavy atom. The number of rotatable bonds is 2. The summed E-state index contributed by atoms with van der Waals surface area (Å²) >= 11 is 0. The van der Waals surface area contributed by atoms with Gasteiger partial charge < -0.3 is 14.3 Å². The Balaban J connectivity index is 2.05. The van der Waals surface area contributed by atoms with Crippen molar-refractivity contribution in [3.63, 3.8) is 0 Å². The number of hydrogen-bond donors (Lipinski definition) is 1. The zero-order chi connectivity index (χ0) is 18.5. The second-order valence-electron chi connectivity index (χ2n) is 7.67. The first-order chi connectivity index (χ1) is 11.7. The summed E-state index contributed by atoms with van der Waals surface area (Å²) in [7, 11) is 0. The molecule has 136 valence electrons. The van der Waals surface area contributed by atoms with E-state index in [2.05, 4.69) is 6.92 Å². The third-order valence-electron chi connectivity index (χ3n) is 6.39. The Labute approximate surface area is 148 Å². The Kier molecular flexibility index (Phi) is 4.40. The molecule has 5 unspecified atom stereocenters. The number of fused-ring (bicyclic) bond motifs is 2. The summed E-state index contributed by atoms with van der Waals surface area (Å²) in [6, 6.07) is 0. The van der Waals surface area contributed by atoms with Crippen LogP contribution in [0.4, 0.5) is 0 Å². The lowest BCUT2D eigenvalue weighted by Gasteiger charge is -2.53. The maximum atomic E-state index is 13.2. The fraction of sp³-hybridized carbons (Fsp3) is 0.600. The molecule has 25 heavy (non-hydrogen) atoms. The molecule has 0 bridgehead atoms. The van der Waals surface area contributed by atoms with E-state index < -0.39 is 29.5 Å². The number of aryl methyl sites for hydroxylation is 1. The van der Waals surface area contributed by atoms with Crippen molar-refractivity contribution in [2.75, 3.05) is 0 Å². The first-order valence-corrected chi connectivity index (χ1v) is 8.87. The largest absolute Gasteiger partial charge is 0.461 e. The van der Waals surface area contributed by atoms with Gasteiger partial charge in [0.1, 0.15) is 6.10 Å². The van der Waals surface area contributed by atoms with Gasteiger partial charge in [-0.25, -0.2) is 4.79 Å². The monoisotopic (exact) mass is 346 g/mol. The molecule has 0 radical (unpaired) electrons. The Morgan fingerprint density at radius 3 is 2.76 bits per heavy atom. The van der Waals surface area contributed by atoms with Crippen molar-refractivity contribution in [1.82, 2.24) is 0 Å². The number of carbonyl (C=O) groups is 2. The highest BCUT2D eigenvalue weighted by atomic mass is 16.5. The highest BCUT2D eigenvalue weighted by Gasteiger charge is 2.60. The molecule has 5 atom stereocenters. The first kappa shape index (κ1) is 17.9. The predicted molar refractivity (Wildman–Crippen MR) is 92.0 cm³/mol. The van der Waals surface area contributed by atoms with E-state index in [4.69, 9.17) is 9.15 Å². The van der Waals surface area contributed by atoms with E-state index in [9.17, 15) is 14.7 Å². The van der Waals surface area contributed by atoms with Crippen LogP contribution in [-0.4, -0.2) is 23.0 Å². The molecule has 1 fully saturated rings. The predicted octanol–water partition coefficient (Wildman–Crippen LogP) is 3.75. The van der Waals surface area contributed by atoms with Crippen LogP contribution in [0.15, 0.2) is 22.3 Å². The summed E-state index contributed by atoms with van der Waals surface area (Å²) in [5, 5.41) is 11.1. The normalized spacial score (nSPS) is 35.1. The minimum Gasteiger partial charge on any atom is -0.461 e. The minimum absolute atomic E-state index is 0.122. The van der Waals surface area contributed by atoms with Crippen LogP contribution in [0, 0.1) is 24.2 Å². The summed E-state index contributed by atoms with van der Waals surface area (Å²) in [6.45, 7) is 9.29. The van der Waals surface area contributed by atoms with Crippen molar-refractivity contribution < 1.29 is 23.8 Å². The molecule has 1 N–H and O–H groups in total. The van der Waals surface area contributed by atoms with E-state index >= 15 is 0 Å². The van der Waals surface area contributed by atoms with Gasteiger partial charge in [-0.05, 0) is 45.1 Å². The molecule has 1 aromatic heterocycles. The maximum absolute atomic E-state index is 13.2. The van der Waals surface area contributed by atoms with Gasteiger partial charge in [0.15, 0.2) is 5.76 Å². The van der Waals surface area contributed by atoms with E-state index in [1.165, 1.54) is 6.26 Å². The van der Waals surface area contributed by atoms with Crippen molar-refractivity contribution in [2.45, 2.75) is 59.7 Å². The zero-order valence-corrected chi connectivity index (χ0v) is 15.5. The number of Topliss-reactive ketones (excluding diaryl/α,β-unsaturated/α-hetero) is 1. The summed E-state index contributed by atoms with van der Waals surface area (Å²) in [5.41, 5.74) is 1.20. The fourth-order valence-corrected chi connectivity index (χ4v) is 4.40. The number of esters is 1. The smallest absolute Gasteiger partial charge is 0.333 e. The van der Waals surface area contributed by atoms with Crippen molar-refractivity contribution >= 4 is 11.8 Å². The minimum atomic E-state index is -0.816. The molecule has 0 saturated heterocycles. The lowest BCUT2D eigenvalue weighted by atomic mass is 9.53. The molecular formula is C20H26O5. The fourth-order valence-electron chi connectivity index (χ4n) is 4.40. The van der Waals surface area contributed by atoms with Crippen LogP contribution in [0.5, 0.6) is 0 Å². The average Bonchev–Trinajstić information content (AvgIpc) is 2.97. The van der Waals surface area contributed by atoms with Crippen LogP contribution in [-0.2, 0) is 9.53 Å². The molecule has 0 aliphatic heterocycles. The van der Waals surface area contributed by atoms with E-state index in [-0.39, 0.29) is 17.5 Å². The maximum Gasteiger partial charge on any atom is 0.333 e. The Morgan fingerprint density at radius 2 is 2.12 bits per heavy atom. The second-order valence-corrected chi connectivity index (χ2v) is 7.67. The second kappa shape index (κ2) is 6.13. The van der Waals surface area contributed by atoms with Gasteiger partial charge in [-0.1, -0.05) is 19.9 Å². The van der Waals surface area contributed by atoms with Crippen LogP contribution >= 0.6 is 0 Å². The van der Waals surface area contributed by atoms with Gasteiger partial charge in [-0.2, -0.15) is 0 Å². The molecule has 3 rings (SSSR count). The van der Waals surface area contributed by atoms with Crippen molar-refractivity contribution in [2.24, 2.45) is 17.3 Å². The third-order valence-corrected chi connectivity index (χ3v) is 6.39. The van der Waals surface area contributed by atoms with Gasteiger partial charge in [-0.15, -0.1) is 0 Å². The van der Waals surface area contributed by atoms with Crippen LogP contribution in [0.1, 0.15) is 68.3 Å². The molecule has 0 amide bonds. The van der Waals surface area contributed by atoms with Crippen molar-refractivity contribution in [1.29, 1.82) is 0 Å². The Bertz CT molecular complexity index is 743. The van der Waals surface area contributed by atoms with Crippen LogP contribution in [0.3, 0.4) is 0 Å². The number of ketones is 1. The van der Waals surface area contributed by atoms with E-state index in [0.717, 1.165) is 12.0 Å². The number of ether oxygens (including phenoxy) is 1. The van der Waals surface area contributed by atoms with Crippen LogP contribution in [0.2, 0.25) is 0 Å². The molecule has 1 saturated carbocycles. The molecule has 0 spiro atoms. The lowest BCUT2D eigenvalue weighted by Crippen LogP contribution is -2.55. The number of aliphatic hydroxyl groups excluding tert-OH is 1. The Hall–Kier alpha value is -1.88. The van der Waals surface area contributed by atoms with Gasteiger partial charge in [0, 0.05) is 16.6 Å². The number of aliphatic hydroxyl groups is 1. The van der Waals surface area contributed by atoms with Gasteiger partial charge >= 0.3 is 5.97 Å². The van der Waals surface area contributed by atoms with Gasteiger partial charge in [0.2, 0.25) is 5.78 Å². The average molecular weight is 346 g/mol. The molecule has 5 heteroatoms. The SMILES string of the molecule is CC=C(C)C(=O)OC1CCC(C)C2(C)C(O)c3c(C)coc3C(=O)C12. The highest BCUT2D eigenvalue weighted by molar-refractivity contribution is 6.00. The van der Waals surface area contributed by atoms with E-state index in [1.54, 1.807) is 19.9 Å². The number of allylic oxidation sites excluding steroid dienone is 1. The lowest BCUT2D eigenvalue weighted by molar-refractivity contribution is -0.162. The summed E-state index contributed by atoms with van der Waals surface area (Å²) in [4.78, 5) is 25.4. The standard InChI is InChI=1S/C20H26O5/c1-6-10(2)19(23)25-13-8-7-12(4)20(5)15(13)16(21)17-14(18(20)22)11(3)9-24-17/h6,9,12-13,15,18,22H,7-8H2,1-5H3. The summed E-state index contributed by atoms with van der Waals surface area (Å²) in [5.74, 6) is -0.841.